The van der Waals surface area contributed by atoms with Crippen LogP contribution in [0.25, 0.3) is 5.13 Å². The molecule has 0 atom stereocenters. The first kappa shape index (κ1) is 12.2. The van der Waals surface area contributed by atoms with E-state index in [1.807, 2.05) is 0 Å². The van der Waals surface area contributed by atoms with Gasteiger partial charge in [0, 0.05) is 0 Å². The Morgan fingerprint density at radius 1 is 1.71 bits per heavy atom. The minimum Gasteiger partial charge on any atom is -0.245 e. The summed E-state index contributed by atoms with van der Waals surface area (Å²) < 4.78 is 15.4. The van der Waals surface area contributed by atoms with Crippen LogP contribution in [0, 0.1) is 6.92 Å². The minimum atomic E-state index is -0.380. The van der Waals surface area contributed by atoms with Crippen LogP contribution >= 0.6 is 27.3 Å². The zero-order valence-electron chi connectivity index (χ0n) is 8.51. The van der Waals surface area contributed by atoms with Gasteiger partial charge >= 0.3 is 5.69 Å². The second-order valence-electron chi connectivity index (χ2n) is 3.16. The molecule has 17 heavy (non-hydrogen) atoms. The van der Waals surface area contributed by atoms with Crippen LogP contribution in [0.15, 0.2) is 33.0 Å². The Morgan fingerprint density at radius 2 is 2.47 bits per heavy atom. The van der Waals surface area contributed by atoms with Crippen LogP contribution in [0.2, 0.25) is 0 Å². The van der Waals surface area contributed by atoms with Gasteiger partial charge in [0.1, 0.15) is 6.33 Å². The van der Waals surface area contributed by atoms with Crippen molar-refractivity contribution in [3.63, 3.8) is 0 Å². The molecule has 0 saturated carbocycles. The molecular formula is C9H7BrFN4OS. The van der Waals surface area contributed by atoms with E-state index in [0.717, 1.165) is 8.47 Å². The van der Waals surface area contributed by atoms with Crippen LogP contribution in [0.4, 0.5) is 4.39 Å². The highest BCUT2D eigenvalue weighted by Gasteiger charge is 2.10. The molecule has 0 fully saturated rings. The quantitative estimate of drug-likeness (QED) is 0.869. The van der Waals surface area contributed by atoms with E-state index in [1.54, 1.807) is 6.20 Å². The van der Waals surface area contributed by atoms with Gasteiger partial charge in [0.2, 0.25) is 0 Å². The van der Waals surface area contributed by atoms with Crippen molar-refractivity contribution in [3.05, 3.63) is 45.6 Å². The Labute approximate surface area is 108 Å². The molecule has 2 aromatic rings. The third-order valence-electron chi connectivity index (χ3n) is 1.91. The van der Waals surface area contributed by atoms with Crippen molar-refractivity contribution in [1.29, 1.82) is 0 Å². The van der Waals surface area contributed by atoms with Gasteiger partial charge in [-0.3, -0.25) is 0 Å². The number of allylic oxidation sites excluding steroid dienone is 1. The molecule has 0 bridgehead atoms. The van der Waals surface area contributed by atoms with Crippen LogP contribution in [-0.4, -0.2) is 19.3 Å². The highest BCUT2D eigenvalue weighted by atomic mass is 79.9. The van der Waals surface area contributed by atoms with Crippen LogP contribution in [-0.2, 0) is 6.54 Å². The molecule has 0 aliphatic rings. The summed E-state index contributed by atoms with van der Waals surface area (Å²) in [5.74, 6) is 0. The van der Waals surface area contributed by atoms with E-state index in [9.17, 15) is 9.18 Å². The molecule has 0 unspecified atom stereocenters. The molecule has 0 aromatic carbocycles. The molecule has 0 amide bonds. The van der Waals surface area contributed by atoms with Crippen molar-refractivity contribution < 1.29 is 4.39 Å². The summed E-state index contributed by atoms with van der Waals surface area (Å²) in [7, 11) is 0. The molecule has 2 aromatic heterocycles. The van der Waals surface area contributed by atoms with Crippen molar-refractivity contribution in [3.8, 4) is 5.13 Å². The summed E-state index contributed by atoms with van der Waals surface area (Å²) in [5.41, 5.74) is -0.201. The Balaban J connectivity index is 2.36. The highest BCUT2D eigenvalue weighted by molar-refractivity contribution is 9.11. The van der Waals surface area contributed by atoms with Crippen molar-refractivity contribution >= 4 is 27.3 Å². The fourth-order valence-corrected chi connectivity index (χ4v) is 2.31. The lowest BCUT2D eigenvalue weighted by Gasteiger charge is -1.97. The summed E-state index contributed by atoms with van der Waals surface area (Å²) in [6, 6.07) is 0. The number of thiazole rings is 1. The van der Waals surface area contributed by atoms with Gasteiger partial charge in [-0.2, -0.15) is 5.10 Å². The maximum Gasteiger partial charge on any atom is 0.352 e. The fourth-order valence-electron chi connectivity index (χ4n) is 1.16. The maximum atomic E-state index is 12.1. The van der Waals surface area contributed by atoms with Crippen molar-refractivity contribution in [1.82, 2.24) is 19.3 Å². The van der Waals surface area contributed by atoms with E-state index < -0.39 is 0 Å². The molecule has 0 aliphatic carbocycles. The Morgan fingerprint density at radius 3 is 3.06 bits per heavy atom. The van der Waals surface area contributed by atoms with E-state index in [4.69, 9.17) is 0 Å². The van der Waals surface area contributed by atoms with E-state index in [-0.39, 0.29) is 17.8 Å². The summed E-state index contributed by atoms with van der Waals surface area (Å²) in [4.78, 5) is 15.9. The first-order valence-corrected chi connectivity index (χ1v) is 6.10. The lowest BCUT2D eigenvalue weighted by Crippen LogP contribution is -2.24. The number of hydrogen-bond acceptors (Lipinski definition) is 4. The lowest BCUT2D eigenvalue weighted by atomic mass is 10.3. The lowest BCUT2D eigenvalue weighted by molar-refractivity contribution is 0.629. The first-order chi connectivity index (χ1) is 8.11. The molecule has 0 aliphatic heterocycles. The normalized spacial score (nSPS) is 12.1. The Hall–Kier alpha value is -1.28. The van der Waals surface area contributed by atoms with E-state index >= 15 is 0 Å². The van der Waals surface area contributed by atoms with E-state index in [2.05, 4.69) is 32.9 Å². The second kappa shape index (κ2) is 4.92. The number of halogens is 2. The summed E-state index contributed by atoms with van der Waals surface area (Å²) >= 11 is 4.56. The molecule has 0 N–H and O–H groups in total. The molecule has 5 nitrogen and oxygen atoms in total. The molecule has 2 heterocycles. The highest BCUT2D eigenvalue weighted by Crippen LogP contribution is 2.20. The summed E-state index contributed by atoms with van der Waals surface area (Å²) in [6.45, 7) is 3.46. The van der Waals surface area contributed by atoms with Gasteiger partial charge in [-0.1, -0.05) is 11.3 Å². The molecule has 8 heteroatoms. The van der Waals surface area contributed by atoms with Crippen LogP contribution < -0.4 is 5.69 Å². The van der Waals surface area contributed by atoms with Crippen molar-refractivity contribution in [2.24, 2.45) is 0 Å². The monoisotopic (exact) mass is 317 g/mol. The van der Waals surface area contributed by atoms with Gasteiger partial charge in [-0.05, 0) is 28.4 Å². The largest absolute Gasteiger partial charge is 0.352 e. The molecular weight excluding hydrogens is 311 g/mol. The molecule has 0 saturated heterocycles. The van der Waals surface area contributed by atoms with E-state index in [1.165, 1.54) is 22.2 Å². The number of rotatable bonds is 3. The van der Waals surface area contributed by atoms with Gasteiger partial charge in [0.05, 0.1) is 22.9 Å². The average molecular weight is 318 g/mol. The predicted molar refractivity (Wildman–Crippen MR) is 65.7 cm³/mol. The summed E-state index contributed by atoms with van der Waals surface area (Å²) in [6.07, 6.45) is 3.29. The van der Waals surface area contributed by atoms with Crippen molar-refractivity contribution in [2.45, 2.75) is 6.54 Å². The standard InChI is InChI=1S/C9H7BrFN4OS/c1-6(2-11)4-15-9(16)14(5-13-15)8-12-3-7(10)17-8/h2-3,5H,1,4H2/b6-2-. The van der Waals surface area contributed by atoms with Gasteiger partial charge < -0.3 is 0 Å². The molecule has 2 rings (SSSR count). The van der Waals surface area contributed by atoms with Gasteiger partial charge in [-0.25, -0.2) is 23.4 Å². The fraction of sp³-hybridized carbons (Fsp3) is 0.111. The van der Waals surface area contributed by atoms with Crippen LogP contribution in [0.5, 0.6) is 0 Å². The third-order valence-corrected chi connectivity index (χ3v) is 3.39. The number of hydrogen-bond donors (Lipinski definition) is 0. The molecule has 89 valence electrons. The number of nitrogens with zero attached hydrogens (tertiary/aromatic N) is 4. The minimum absolute atomic E-state index is 0.0227. The van der Waals surface area contributed by atoms with Crippen LogP contribution in [0.1, 0.15) is 0 Å². The zero-order valence-corrected chi connectivity index (χ0v) is 10.9. The molecule has 1 radical (unpaired) electrons. The van der Waals surface area contributed by atoms with Gasteiger partial charge in [0.25, 0.3) is 0 Å². The molecule has 0 spiro atoms. The zero-order chi connectivity index (χ0) is 12.4. The smallest absolute Gasteiger partial charge is 0.245 e. The SMILES string of the molecule is [CH2]/C(=C/F)Cn1ncn(-c2ncc(Br)s2)c1=O. The topological polar surface area (TPSA) is 52.7 Å². The predicted octanol–water partition coefficient (Wildman–Crippen LogP) is 1.94. The van der Waals surface area contributed by atoms with Gasteiger partial charge in [0.15, 0.2) is 5.13 Å². The first-order valence-electron chi connectivity index (χ1n) is 4.49. The maximum absolute atomic E-state index is 12.1. The Bertz CT molecular complexity index is 615. The average Bonchev–Trinajstić information content (AvgIpc) is 2.87. The van der Waals surface area contributed by atoms with Gasteiger partial charge in [-0.15, -0.1) is 0 Å². The summed E-state index contributed by atoms with van der Waals surface area (Å²) in [5, 5.41) is 4.36. The Kier molecular flexibility index (Phi) is 3.53. The second-order valence-corrected chi connectivity index (χ2v) is 5.54. The number of aromatic nitrogens is 4. The van der Waals surface area contributed by atoms with E-state index in [0.29, 0.717) is 11.5 Å². The third kappa shape index (κ3) is 2.52. The van der Waals surface area contributed by atoms with Crippen molar-refractivity contribution in [2.75, 3.05) is 0 Å². The van der Waals surface area contributed by atoms with Crippen LogP contribution in [0.3, 0.4) is 0 Å².